The van der Waals surface area contributed by atoms with E-state index in [2.05, 4.69) is 9.72 Å². The molecule has 4 nitrogen and oxygen atoms in total. The molecule has 0 aliphatic carbocycles. The van der Waals surface area contributed by atoms with E-state index < -0.39 is 5.97 Å². The van der Waals surface area contributed by atoms with Crippen LogP contribution in [0, 0.1) is 0 Å². The second-order valence-electron chi connectivity index (χ2n) is 3.32. The van der Waals surface area contributed by atoms with Crippen LogP contribution in [0.25, 0.3) is 0 Å². The van der Waals surface area contributed by atoms with Crippen molar-refractivity contribution in [1.29, 1.82) is 0 Å². The highest BCUT2D eigenvalue weighted by Gasteiger charge is 2.23. The van der Waals surface area contributed by atoms with Gasteiger partial charge in [-0.05, 0) is 12.1 Å². The van der Waals surface area contributed by atoms with Crippen LogP contribution in [0.2, 0.25) is 5.02 Å². The molecule has 1 fully saturated rings. The zero-order valence-electron chi connectivity index (χ0n) is 8.20. The van der Waals surface area contributed by atoms with Crippen molar-refractivity contribution in [2.24, 2.45) is 0 Å². The summed E-state index contributed by atoms with van der Waals surface area (Å²) in [5.41, 5.74) is 1.03. The summed E-state index contributed by atoms with van der Waals surface area (Å²) in [4.78, 5) is 15.5. The molecule has 0 atom stereocenters. The molecule has 2 heterocycles. The average Bonchev–Trinajstić information content (AvgIpc) is 2.13. The van der Waals surface area contributed by atoms with E-state index in [1.165, 1.54) is 13.2 Å². The van der Waals surface area contributed by atoms with Crippen LogP contribution >= 0.6 is 11.6 Å². The van der Waals surface area contributed by atoms with E-state index in [4.69, 9.17) is 16.3 Å². The van der Waals surface area contributed by atoms with Gasteiger partial charge in [-0.25, -0.2) is 9.78 Å². The minimum absolute atomic E-state index is 0.243. The lowest BCUT2D eigenvalue weighted by Gasteiger charge is -2.25. The molecule has 0 saturated carbocycles. The molecule has 0 radical (unpaired) electrons. The summed E-state index contributed by atoms with van der Waals surface area (Å²) in [5.74, 6) is -0.230. The lowest BCUT2D eigenvalue weighted by atomic mass is 10.0. The Morgan fingerprint density at radius 2 is 2.33 bits per heavy atom. The Balaban J connectivity index is 2.31. The first-order valence-electron chi connectivity index (χ1n) is 4.54. The SMILES string of the molecule is COC(=O)c1cc(Cl)cc(C2COC2)n1. The number of ether oxygens (including phenoxy) is 2. The molecule has 1 saturated heterocycles. The summed E-state index contributed by atoms with van der Waals surface area (Å²) < 4.78 is 9.64. The van der Waals surface area contributed by atoms with Crippen LogP contribution in [0.4, 0.5) is 0 Å². The number of rotatable bonds is 2. The van der Waals surface area contributed by atoms with Gasteiger partial charge in [0, 0.05) is 10.9 Å². The molecule has 0 unspecified atom stereocenters. The van der Waals surface area contributed by atoms with Gasteiger partial charge in [-0.1, -0.05) is 11.6 Å². The maximum Gasteiger partial charge on any atom is 0.356 e. The van der Waals surface area contributed by atoms with E-state index in [0.29, 0.717) is 18.2 Å². The molecule has 0 aromatic carbocycles. The molecule has 2 rings (SSSR count). The third-order valence-electron chi connectivity index (χ3n) is 2.26. The fourth-order valence-electron chi connectivity index (χ4n) is 1.34. The third kappa shape index (κ3) is 2.11. The summed E-state index contributed by atoms with van der Waals surface area (Å²) in [6, 6.07) is 3.25. The van der Waals surface area contributed by atoms with Crippen molar-refractivity contribution < 1.29 is 14.3 Å². The highest BCUT2D eigenvalue weighted by atomic mass is 35.5. The lowest BCUT2D eigenvalue weighted by molar-refractivity contribution is 0.00655. The van der Waals surface area contributed by atoms with Gasteiger partial charge in [0.2, 0.25) is 0 Å². The second-order valence-corrected chi connectivity index (χ2v) is 3.76. The second kappa shape index (κ2) is 4.16. The highest BCUT2D eigenvalue weighted by molar-refractivity contribution is 6.30. The van der Waals surface area contributed by atoms with Crippen LogP contribution < -0.4 is 0 Å². The largest absolute Gasteiger partial charge is 0.464 e. The number of hydrogen-bond donors (Lipinski definition) is 0. The monoisotopic (exact) mass is 227 g/mol. The number of nitrogens with zero attached hydrogens (tertiary/aromatic N) is 1. The van der Waals surface area contributed by atoms with Crippen molar-refractivity contribution in [2.75, 3.05) is 20.3 Å². The number of hydrogen-bond acceptors (Lipinski definition) is 4. The molecule has 1 aliphatic heterocycles. The standard InChI is InChI=1S/C10H10ClNO3/c1-14-10(13)9-3-7(11)2-8(12-9)6-4-15-5-6/h2-3,6H,4-5H2,1H3. The Morgan fingerprint density at radius 3 is 2.87 bits per heavy atom. The maximum absolute atomic E-state index is 11.3. The first-order valence-corrected chi connectivity index (χ1v) is 4.92. The number of halogens is 1. The van der Waals surface area contributed by atoms with Gasteiger partial charge in [-0.2, -0.15) is 0 Å². The summed E-state index contributed by atoms with van der Waals surface area (Å²) in [6.07, 6.45) is 0. The van der Waals surface area contributed by atoms with E-state index >= 15 is 0 Å². The lowest BCUT2D eigenvalue weighted by Crippen LogP contribution is -2.26. The Labute approximate surface area is 92.2 Å². The van der Waals surface area contributed by atoms with Crippen LogP contribution in [0.15, 0.2) is 12.1 Å². The van der Waals surface area contributed by atoms with Gasteiger partial charge in [0.15, 0.2) is 0 Å². The molecule has 80 valence electrons. The molecule has 1 aliphatic rings. The fraction of sp³-hybridized carbons (Fsp3) is 0.400. The number of methoxy groups -OCH3 is 1. The molecule has 5 heteroatoms. The zero-order valence-corrected chi connectivity index (χ0v) is 8.95. The predicted molar refractivity (Wildman–Crippen MR) is 54.1 cm³/mol. The van der Waals surface area contributed by atoms with Gasteiger partial charge in [0.25, 0.3) is 0 Å². The maximum atomic E-state index is 11.3. The topological polar surface area (TPSA) is 48.4 Å². The molecular weight excluding hydrogens is 218 g/mol. The van der Waals surface area contributed by atoms with Crippen molar-refractivity contribution in [3.8, 4) is 0 Å². The van der Waals surface area contributed by atoms with Gasteiger partial charge in [-0.15, -0.1) is 0 Å². The van der Waals surface area contributed by atoms with Gasteiger partial charge in [0.1, 0.15) is 5.69 Å². The van der Waals surface area contributed by atoms with E-state index in [0.717, 1.165) is 5.69 Å². The van der Waals surface area contributed by atoms with E-state index in [1.807, 2.05) is 0 Å². The normalized spacial score (nSPS) is 15.9. The van der Waals surface area contributed by atoms with Crippen molar-refractivity contribution in [3.05, 3.63) is 28.5 Å². The van der Waals surface area contributed by atoms with Crippen LogP contribution in [-0.4, -0.2) is 31.3 Å². The molecule has 0 spiro atoms. The number of aromatic nitrogens is 1. The Morgan fingerprint density at radius 1 is 1.60 bits per heavy atom. The van der Waals surface area contributed by atoms with Crippen molar-refractivity contribution in [3.63, 3.8) is 0 Å². The van der Waals surface area contributed by atoms with Crippen molar-refractivity contribution in [1.82, 2.24) is 4.98 Å². The minimum atomic E-state index is -0.473. The summed E-state index contributed by atoms with van der Waals surface area (Å²) in [6.45, 7) is 1.27. The number of carbonyl (C=O) groups is 1. The van der Waals surface area contributed by atoms with Gasteiger partial charge >= 0.3 is 5.97 Å². The van der Waals surface area contributed by atoms with E-state index in [9.17, 15) is 4.79 Å². The Kier molecular flexibility index (Phi) is 2.88. The summed E-state index contributed by atoms with van der Waals surface area (Å²) >= 11 is 5.89. The predicted octanol–water partition coefficient (Wildman–Crippen LogP) is 1.64. The van der Waals surface area contributed by atoms with Crippen molar-refractivity contribution in [2.45, 2.75) is 5.92 Å². The van der Waals surface area contributed by atoms with Gasteiger partial charge in [-0.3, -0.25) is 0 Å². The summed E-state index contributed by atoms with van der Waals surface area (Å²) in [5, 5.41) is 0.493. The number of pyridine rings is 1. The van der Waals surface area contributed by atoms with Gasteiger partial charge < -0.3 is 9.47 Å². The van der Waals surface area contributed by atoms with Crippen LogP contribution in [0.3, 0.4) is 0 Å². The molecule has 0 N–H and O–H groups in total. The molecule has 1 aromatic rings. The first-order chi connectivity index (χ1) is 7.20. The molecular formula is C10H10ClNO3. The van der Waals surface area contributed by atoms with Gasteiger partial charge in [0.05, 0.1) is 26.0 Å². The highest BCUT2D eigenvalue weighted by Crippen LogP contribution is 2.25. The minimum Gasteiger partial charge on any atom is -0.464 e. The van der Waals surface area contributed by atoms with E-state index in [1.54, 1.807) is 6.07 Å². The Hall–Kier alpha value is -1.13. The van der Waals surface area contributed by atoms with Crippen LogP contribution in [0.5, 0.6) is 0 Å². The molecule has 0 bridgehead atoms. The number of esters is 1. The zero-order chi connectivity index (χ0) is 10.8. The Bertz CT molecular complexity index is 390. The first kappa shape index (κ1) is 10.4. The summed E-state index contributed by atoms with van der Waals surface area (Å²) in [7, 11) is 1.32. The molecule has 15 heavy (non-hydrogen) atoms. The molecule has 0 amide bonds. The fourth-order valence-corrected chi connectivity index (χ4v) is 1.56. The smallest absolute Gasteiger partial charge is 0.356 e. The van der Waals surface area contributed by atoms with E-state index in [-0.39, 0.29) is 11.6 Å². The quantitative estimate of drug-likeness (QED) is 0.721. The van der Waals surface area contributed by atoms with Crippen LogP contribution in [0.1, 0.15) is 22.1 Å². The average molecular weight is 228 g/mol. The third-order valence-corrected chi connectivity index (χ3v) is 2.48. The number of carbonyl (C=O) groups excluding carboxylic acids is 1. The molecule has 1 aromatic heterocycles. The van der Waals surface area contributed by atoms with Crippen molar-refractivity contribution >= 4 is 17.6 Å². The van der Waals surface area contributed by atoms with Crippen LogP contribution in [-0.2, 0) is 9.47 Å².